The van der Waals surface area contributed by atoms with Gasteiger partial charge in [0.15, 0.2) is 0 Å². The Morgan fingerprint density at radius 1 is 0.842 bits per heavy atom. The first kappa shape index (κ1) is 18.6. The van der Waals surface area contributed by atoms with Crippen LogP contribution in [0.2, 0.25) is 11.1 Å². The molecule has 0 amide bonds. The van der Waals surface area contributed by atoms with Gasteiger partial charge in [0.25, 0.3) is 0 Å². The second kappa shape index (κ2) is 11.4. The van der Waals surface area contributed by atoms with Crippen LogP contribution in [-0.4, -0.2) is 28.6 Å². The van der Waals surface area contributed by atoms with E-state index in [0.717, 1.165) is 11.1 Å². The van der Waals surface area contributed by atoms with Crippen LogP contribution in [0.1, 0.15) is 27.7 Å². The predicted molar refractivity (Wildman–Crippen MR) is 82.6 cm³/mol. The highest BCUT2D eigenvalue weighted by Crippen LogP contribution is 2.14. The molecule has 3 nitrogen and oxygen atoms in total. The van der Waals surface area contributed by atoms with Gasteiger partial charge in [-0.1, -0.05) is 36.7 Å². The van der Waals surface area contributed by atoms with E-state index in [1.807, 2.05) is 58.0 Å². The molecule has 110 valence electrons. The lowest BCUT2D eigenvalue weighted by Crippen LogP contribution is -2.45. The van der Waals surface area contributed by atoms with Gasteiger partial charge in [-0.25, -0.2) is 0 Å². The van der Waals surface area contributed by atoms with Crippen LogP contribution in [0.4, 0.5) is 0 Å². The zero-order chi connectivity index (χ0) is 14.6. The van der Waals surface area contributed by atoms with Crippen molar-refractivity contribution >= 4 is 20.4 Å². The molecule has 1 aromatic rings. The van der Waals surface area contributed by atoms with Crippen molar-refractivity contribution in [3.05, 3.63) is 35.4 Å². The molecule has 0 saturated heterocycles. The second-order valence-electron chi connectivity index (χ2n) is 3.63. The second-order valence-corrected chi connectivity index (χ2v) is 7.01. The van der Waals surface area contributed by atoms with Gasteiger partial charge in [0.1, 0.15) is 0 Å². The van der Waals surface area contributed by atoms with E-state index < -0.39 is 8.80 Å². The van der Waals surface area contributed by atoms with Crippen LogP contribution in [0.25, 0.3) is 0 Å². The number of hydrogen-bond donors (Lipinski definition) is 0. The third-order valence-corrected chi connectivity index (χ3v) is 5.56. The van der Waals surface area contributed by atoms with E-state index in [1.54, 1.807) is 0 Å². The number of hydrogen-bond acceptors (Lipinski definition) is 3. The lowest BCUT2D eigenvalue weighted by molar-refractivity contribution is 0.0725. The molecule has 0 aromatic heterocycles. The van der Waals surface area contributed by atoms with Crippen LogP contribution in [0.5, 0.6) is 0 Å². The molecule has 0 heterocycles. The normalized spacial score (nSPS) is 10.8. The SMILES string of the molecule is CCO[Si](CC)(OCC)OCC.Clc1ccccc1. The molecule has 0 aliphatic rings. The molecule has 0 N–H and O–H groups in total. The van der Waals surface area contributed by atoms with Gasteiger partial charge in [0.05, 0.1) is 0 Å². The Labute approximate surface area is 123 Å². The highest BCUT2D eigenvalue weighted by molar-refractivity contribution is 6.60. The van der Waals surface area contributed by atoms with Crippen molar-refractivity contribution in [3.8, 4) is 0 Å². The van der Waals surface area contributed by atoms with Crippen molar-refractivity contribution in [2.75, 3.05) is 19.8 Å². The summed E-state index contributed by atoms with van der Waals surface area (Å²) < 4.78 is 16.7. The maximum Gasteiger partial charge on any atom is 0.500 e. The maximum atomic E-state index is 5.55. The molecule has 5 heteroatoms. The first-order valence-corrected chi connectivity index (χ1v) is 9.07. The summed E-state index contributed by atoms with van der Waals surface area (Å²) in [6, 6.07) is 10.3. The molecule has 0 fully saturated rings. The lowest BCUT2D eigenvalue weighted by Gasteiger charge is -2.26. The first-order valence-electron chi connectivity index (χ1n) is 6.76. The van der Waals surface area contributed by atoms with Gasteiger partial charge in [-0.2, -0.15) is 0 Å². The Hall–Kier alpha value is -0.393. The van der Waals surface area contributed by atoms with Crippen molar-refractivity contribution in [2.45, 2.75) is 33.7 Å². The Balaban J connectivity index is 0.000000388. The fraction of sp³-hybridized carbons (Fsp3) is 0.571. The van der Waals surface area contributed by atoms with E-state index in [2.05, 4.69) is 0 Å². The average Bonchev–Trinajstić information content (AvgIpc) is 2.41. The average molecular weight is 305 g/mol. The lowest BCUT2D eigenvalue weighted by atomic mass is 10.4. The molecular formula is C14H25ClO3Si. The Bertz CT molecular complexity index is 292. The van der Waals surface area contributed by atoms with Crippen LogP contribution in [-0.2, 0) is 13.3 Å². The number of halogens is 1. The quantitative estimate of drug-likeness (QED) is 0.699. The summed E-state index contributed by atoms with van der Waals surface area (Å²) in [6.45, 7) is 9.95. The minimum atomic E-state index is -2.27. The van der Waals surface area contributed by atoms with Gasteiger partial charge < -0.3 is 13.3 Å². The van der Waals surface area contributed by atoms with Crippen molar-refractivity contribution in [3.63, 3.8) is 0 Å². The summed E-state index contributed by atoms with van der Waals surface area (Å²) >= 11 is 5.54. The largest absolute Gasteiger partial charge is 0.500 e. The molecule has 0 saturated carbocycles. The molecule has 0 radical (unpaired) electrons. The van der Waals surface area contributed by atoms with Gasteiger partial charge >= 0.3 is 8.80 Å². The van der Waals surface area contributed by atoms with Gasteiger partial charge in [-0.05, 0) is 32.9 Å². The molecule has 0 spiro atoms. The van der Waals surface area contributed by atoms with Gasteiger partial charge in [0, 0.05) is 30.9 Å². The zero-order valence-corrected chi connectivity index (χ0v) is 14.1. The van der Waals surface area contributed by atoms with E-state index in [1.165, 1.54) is 0 Å². The topological polar surface area (TPSA) is 27.7 Å². The van der Waals surface area contributed by atoms with Gasteiger partial charge in [-0.15, -0.1) is 0 Å². The molecule has 0 atom stereocenters. The van der Waals surface area contributed by atoms with Crippen LogP contribution >= 0.6 is 11.6 Å². The Morgan fingerprint density at radius 3 is 1.47 bits per heavy atom. The number of benzene rings is 1. The molecular weight excluding hydrogens is 280 g/mol. The van der Waals surface area contributed by atoms with Crippen LogP contribution in [0.3, 0.4) is 0 Å². The fourth-order valence-corrected chi connectivity index (χ4v) is 3.83. The van der Waals surface area contributed by atoms with E-state index in [4.69, 9.17) is 24.9 Å². The van der Waals surface area contributed by atoms with Crippen molar-refractivity contribution in [1.82, 2.24) is 0 Å². The molecule has 0 bridgehead atoms. The highest BCUT2D eigenvalue weighted by Gasteiger charge is 2.37. The van der Waals surface area contributed by atoms with Crippen molar-refractivity contribution in [1.29, 1.82) is 0 Å². The summed E-state index contributed by atoms with van der Waals surface area (Å²) in [6.07, 6.45) is 0. The molecule has 1 aromatic carbocycles. The summed E-state index contributed by atoms with van der Waals surface area (Å²) in [7, 11) is -2.27. The summed E-state index contributed by atoms with van der Waals surface area (Å²) in [5, 5.41) is 0.794. The summed E-state index contributed by atoms with van der Waals surface area (Å²) in [4.78, 5) is 0. The predicted octanol–water partition coefficient (Wildman–Crippen LogP) is 4.39. The van der Waals surface area contributed by atoms with Crippen molar-refractivity contribution < 1.29 is 13.3 Å². The van der Waals surface area contributed by atoms with Crippen LogP contribution in [0.15, 0.2) is 30.3 Å². The fourth-order valence-electron chi connectivity index (χ4n) is 1.51. The van der Waals surface area contributed by atoms with E-state index in [-0.39, 0.29) is 0 Å². The van der Waals surface area contributed by atoms with Gasteiger partial charge in [0.2, 0.25) is 0 Å². The zero-order valence-electron chi connectivity index (χ0n) is 12.3. The van der Waals surface area contributed by atoms with E-state index in [0.29, 0.717) is 19.8 Å². The molecule has 1 rings (SSSR count). The van der Waals surface area contributed by atoms with E-state index >= 15 is 0 Å². The first-order chi connectivity index (χ1) is 9.14. The number of rotatable bonds is 7. The molecule has 0 aliphatic heterocycles. The third kappa shape index (κ3) is 8.39. The van der Waals surface area contributed by atoms with Crippen molar-refractivity contribution in [2.24, 2.45) is 0 Å². The summed E-state index contributed by atoms with van der Waals surface area (Å²) in [5.41, 5.74) is 0. The minimum Gasteiger partial charge on any atom is -0.374 e. The van der Waals surface area contributed by atoms with Crippen LogP contribution < -0.4 is 0 Å². The molecule has 0 aliphatic carbocycles. The molecule has 19 heavy (non-hydrogen) atoms. The Kier molecular flexibility index (Phi) is 11.2. The Morgan fingerprint density at radius 2 is 1.26 bits per heavy atom. The van der Waals surface area contributed by atoms with E-state index in [9.17, 15) is 0 Å². The highest BCUT2D eigenvalue weighted by atomic mass is 35.5. The maximum absolute atomic E-state index is 5.55. The standard InChI is InChI=1S/C8H20O3Si.C6H5Cl/c1-5-9-12(8-4,10-6-2)11-7-3;7-6-4-2-1-3-5-6/h5-8H2,1-4H3;1-5H. The van der Waals surface area contributed by atoms with Crippen LogP contribution in [0, 0.1) is 0 Å². The minimum absolute atomic E-state index is 0.667. The summed E-state index contributed by atoms with van der Waals surface area (Å²) in [5.74, 6) is 0. The smallest absolute Gasteiger partial charge is 0.374 e. The molecule has 0 unspecified atom stereocenters. The third-order valence-electron chi connectivity index (χ3n) is 2.26. The van der Waals surface area contributed by atoms with Gasteiger partial charge in [-0.3, -0.25) is 0 Å². The monoisotopic (exact) mass is 304 g/mol.